The maximum atomic E-state index is 13.3. The van der Waals surface area contributed by atoms with Gasteiger partial charge in [0.1, 0.15) is 0 Å². The average Bonchev–Trinajstić information content (AvgIpc) is 3.43. The van der Waals surface area contributed by atoms with Crippen molar-refractivity contribution >= 4 is 11.6 Å². The lowest BCUT2D eigenvalue weighted by Crippen LogP contribution is -2.28. The van der Waals surface area contributed by atoms with E-state index >= 15 is 0 Å². The highest BCUT2D eigenvalue weighted by molar-refractivity contribution is 5.98. The van der Waals surface area contributed by atoms with Crippen molar-refractivity contribution in [2.45, 2.75) is 39.0 Å². The number of rotatable bonds is 4. The zero-order chi connectivity index (χ0) is 22.2. The normalized spacial score (nSPS) is 14.2. The van der Waals surface area contributed by atoms with E-state index in [9.17, 15) is 4.79 Å². The number of amides is 1. The first kappa shape index (κ1) is 21.2. The Morgan fingerprint density at radius 3 is 2.29 bits per heavy atom. The third kappa shape index (κ3) is 4.36. The second kappa shape index (κ2) is 8.22. The Hall–Kier alpha value is -3.08. The first-order chi connectivity index (χ1) is 14.7. The van der Waals surface area contributed by atoms with E-state index < -0.39 is 0 Å². The van der Waals surface area contributed by atoms with Gasteiger partial charge in [0.2, 0.25) is 5.89 Å². The molecular weight excluding hydrogens is 386 g/mol. The van der Waals surface area contributed by atoms with Crippen LogP contribution in [0.2, 0.25) is 0 Å². The minimum absolute atomic E-state index is 0.0518. The SMILES string of the molecule is CN(C)c1cccc(-c2oc(-c3ccc(C(C)(C)C)cc3)nc2C(=O)N2CCCC2)c1. The van der Waals surface area contributed by atoms with Gasteiger partial charge in [-0.1, -0.05) is 45.0 Å². The molecule has 0 aliphatic carbocycles. The van der Waals surface area contributed by atoms with Crippen LogP contribution in [0, 0.1) is 0 Å². The molecule has 5 heteroatoms. The summed E-state index contributed by atoms with van der Waals surface area (Å²) in [5, 5.41) is 0. The van der Waals surface area contributed by atoms with Crippen molar-refractivity contribution in [2.75, 3.05) is 32.1 Å². The largest absolute Gasteiger partial charge is 0.435 e. The Bertz CT molecular complexity index is 1070. The van der Waals surface area contributed by atoms with Gasteiger partial charge in [-0.2, -0.15) is 0 Å². The van der Waals surface area contributed by atoms with E-state index in [4.69, 9.17) is 9.40 Å². The lowest BCUT2D eigenvalue weighted by Gasteiger charge is -2.18. The zero-order valence-electron chi connectivity index (χ0n) is 19.1. The fourth-order valence-corrected chi connectivity index (χ4v) is 3.89. The highest BCUT2D eigenvalue weighted by Crippen LogP contribution is 2.34. The number of hydrogen-bond acceptors (Lipinski definition) is 4. The molecule has 0 spiro atoms. The second-order valence-corrected chi connectivity index (χ2v) is 9.47. The topological polar surface area (TPSA) is 49.6 Å². The van der Waals surface area contributed by atoms with Crippen molar-refractivity contribution < 1.29 is 9.21 Å². The van der Waals surface area contributed by atoms with Gasteiger partial charge in [-0.05, 0) is 48.1 Å². The van der Waals surface area contributed by atoms with Crippen molar-refractivity contribution in [1.29, 1.82) is 0 Å². The predicted molar refractivity (Wildman–Crippen MR) is 126 cm³/mol. The summed E-state index contributed by atoms with van der Waals surface area (Å²) in [4.78, 5) is 21.9. The highest BCUT2D eigenvalue weighted by atomic mass is 16.4. The maximum Gasteiger partial charge on any atom is 0.276 e. The second-order valence-electron chi connectivity index (χ2n) is 9.47. The maximum absolute atomic E-state index is 13.3. The van der Waals surface area contributed by atoms with Crippen molar-refractivity contribution in [2.24, 2.45) is 0 Å². The molecule has 1 aliphatic rings. The number of benzene rings is 2. The molecule has 2 heterocycles. The third-order valence-electron chi connectivity index (χ3n) is 5.85. The molecule has 0 radical (unpaired) electrons. The van der Waals surface area contributed by atoms with Crippen LogP contribution in [-0.4, -0.2) is 43.0 Å². The number of oxazole rings is 1. The van der Waals surface area contributed by atoms with Crippen molar-refractivity contribution in [3.63, 3.8) is 0 Å². The summed E-state index contributed by atoms with van der Waals surface area (Å²) >= 11 is 0. The van der Waals surface area contributed by atoms with Gasteiger partial charge >= 0.3 is 0 Å². The van der Waals surface area contributed by atoms with E-state index in [-0.39, 0.29) is 11.3 Å². The Morgan fingerprint density at radius 2 is 1.68 bits per heavy atom. The molecule has 0 saturated carbocycles. The molecule has 162 valence electrons. The number of likely N-dealkylation sites (tertiary alicyclic amines) is 1. The summed E-state index contributed by atoms with van der Waals surface area (Å²) in [6, 6.07) is 16.3. The quantitative estimate of drug-likeness (QED) is 0.554. The van der Waals surface area contributed by atoms with Gasteiger partial charge in [0.05, 0.1) is 0 Å². The van der Waals surface area contributed by atoms with Crippen molar-refractivity contribution in [3.05, 3.63) is 59.8 Å². The molecule has 5 nitrogen and oxygen atoms in total. The van der Waals surface area contributed by atoms with Crippen molar-refractivity contribution in [1.82, 2.24) is 9.88 Å². The summed E-state index contributed by atoms with van der Waals surface area (Å²) in [5.74, 6) is 0.966. The Labute approximate surface area is 184 Å². The molecule has 3 aromatic rings. The van der Waals surface area contributed by atoms with Crippen LogP contribution >= 0.6 is 0 Å². The van der Waals surface area contributed by atoms with E-state index in [2.05, 4.69) is 32.9 Å². The Kier molecular flexibility index (Phi) is 5.61. The Morgan fingerprint density at radius 1 is 1.00 bits per heavy atom. The lowest BCUT2D eigenvalue weighted by atomic mass is 9.87. The van der Waals surface area contributed by atoms with Gasteiger partial charge in [0.25, 0.3) is 5.91 Å². The molecule has 0 bridgehead atoms. The van der Waals surface area contributed by atoms with Gasteiger partial charge in [-0.3, -0.25) is 4.79 Å². The smallest absolute Gasteiger partial charge is 0.276 e. The van der Waals surface area contributed by atoms with E-state index in [0.29, 0.717) is 17.3 Å². The monoisotopic (exact) mass is 417 g/mol. The van der Waals surface area contributed by atoms with E-state index in [1.54, 1.807) is 0 Å². The van der Waals surface area contributed by atoms with Gasteiger partial charge in [-0.15, -0.1) is 0 Å². The highest BCUT2D eigenvalue weighted by Gasteiger charge is 2.28. The first-order valence-corrected chi connectivity index (χ1v) is 10.9. The molecule has 0 atom stereocenters. The van der Waals surface area contributed by atoms with Gasteiger partial charge in [0, 0.05) is 44.0 Å². The molecule has 0 unspecified atom stereocenters. The molecule has 2 aromatic carbocycles. The fourth-order valence-electron chi connectivity index (χ4n) is 3.89. The van der Waals surface area contributed by atoms with Crippen LogP contribution in [0.3, 0.4) is 0 Å². The number of carbonyl (C=O) groups is 1. The van der Waals surface area contributed by atoms with Gasteiger partial charge in [0.15, 0.2) is 11.5 Å². The molecular formula is C26H31N3O2. The van der Waals surface area contributed by atoms with Gasteiger partial charge in [-0.25, -0.2) is 4.98 Å². The minimum atomic E-state index is -0.0518. The standard InChI is InChI=1S/C26H31N3O2/c1-26(2,3)20-13-11-18(12-14-20)24-27-22(25(30)29-15-6-7-16-29)23(31-24)19-9-8-10-21(17-19)28(4)5/h8-14,17H,6-7,15-16H2,1-5H3. The number of hydrogen-bond donors (Lipinski definition) is 0. The molecule has 31 heavy (non-hydrogen) atoms. The molecule has 1 aliphatic heterocycles. The zero-order valence-corrected chi connectivity index (χ0v) is 19.1. The molecule has 1 aromatic heterocycles. The van der Waals surface area contributed by atoms with E-state index in [0.717, 1.165) is 42.7 Å². The fraction of sp³-hybridized carbons (Fsp3) is 0.385. The van der Waals surface area contributed by atoms with E-state index in [1.165, 1.54) is 5.56 Å². The first-order valence-electron chi connectivity index (χ1n) is 10.9. The number of nitrogens with zero attached hydrogens (tertiary/aromatic N) is 3. The predicted octanol–water partition coefficient (Wildman–Crippen LogP) is 5.61. The summed E-state index contributed by atoms with van der Waals surface area (Å²) in [6.07, 6.45) is 2.08. The number of aromatic nitrogens is 1. The summed E-state index contributed by atoms with van der Waals surface area (Å²) in [6.45, 7) is 8.12. The summed E-state index contributed by atoms with van der Waals surface area (Å²) in [5.41, 5.74) is 4.49. The Balaban J connectivity index is 1.78. The molecule has 4 rings (SSSR count). The molecule has 1 fully saturated rings. The minimum Gasteiger partial charge on any atom is -0.435 e. The summed E-state index contributed by atoms with van der Waals surface area (Å²) in [7, 11) is 4.00. The van der Waals surface area contributed by atoms with Crippen LogP contribution in [-0.2, 0) is 5.41 Å². The van der Waals surface area contributed by atoms with E-state index in [1.807, 2.05) is 60.3 Å². The number of anilines is 1. The lowest BCUT2D eigenvalue weighted by molar-refractivity contribution is 0.0788. The van der Waals surface area contributed by atoms with Crippen LogP contribution in [0.1, 0.15) is 49.7 Å². The number of carbonyl (C=O) groups excluding carboxylic acids is 1. The third-order valence-corrected chi connectivity index (χ3v) is 5.85. The van der Waals surface area contributed by atoms with Gasteiger partial charge < -0.3 is 14.2 Å². The van der Waals surface area contributed by atoms with Crippen LogP contribution in [0.5, 0.6) is 0 Å². The average molecular weight is 418 g/mol. The van der Waals surface area contributed by atoms with Crippen LogP contribution < -0.4 is 4.90 Å². The molecule has 1 saturated heterocycles. The molecule has 0 N–H and O–H groups in total. The van der Waals surface area contributed by atoms with Crippen LogP contribution in [0.15, 0.2) is 52.9 Å². The van der Waals surface area contributed by atoms with Crippen LogP contribution in [0.4, 0.5) is 5.69 Å². The van der Waals surface area contributed by atoms with Crippen LogP contribution in [0.25, 0.3) is 22.8 Å². The molecule has 1 amide bonds. The summed E-state index contributed by atoms with van der Waals surface area (Å²) < 4.78 is 6.25. The van der Waals surface area contributed by atoms with Crippen molar-refractivity contribution in [3.8, 4) is 22.8 Å².